The molecule has 0 aliphatic carbocycles. The lowest BCUT2D eigenvalue weighted by Crippen LogP contribution is -1.91. The van der Waals surface area contributed by atoms with E-state index in [1.54, 1.807) is 6.08 Å². The van der Waals surface area contributed by atoms with Gasteiger partial charge in [-0.3, -0.25) is 0 Å². The third-order valence-electron chi connectivity index (χ3n) is 0.754. The Bertz CT molecular complexity index is 88.9. The van der Waals surface area contributed by atoms with Gasteiger partial charge in [-0.15, -0.1) is 6.58 Å². The molecule has 0 fully saturated rings. The van der Waals surface area contributed by atoms with Gasteiger partial charge in [-0.1, -0.05) is 23.8 Å². The Morgan fingerprint density at radius 1 is 1.56 bits per heavy atom. The standard InChI is InChI=1S/C7H11ClO/c1-2-6-9-7-4-3-5-8/h2-3,5H,1,4,6-7H2/b5-3+. The van der Waals surface area contributed by atoms with Gasteiger partial charge in [0.15, 0.2) is 0 Å². The fraction of sp³-hybridized carbons (Fsp3) is 0.429. The molecule has 1 nitrogen and oxygen atoms in total. The molecule has 0 saturated carbocycles. The molecule has 0 aromatic heterocycles. The highest BCUT2D eigenvalue weighted by molar-refractivity contribution is 6.25. The topological polar surface area (TPSA) is 9.23 Å². The van der Waals surface area contributed by atoms with E-state index in [-0.39, 0.29) is 0 Å². The number of hydrogen-bond acceptors (Lipinski definition) is 1. The molecule has 0 saturated heterocycles. The van der Waals surface area contributed by atoms with E-state index < -0.39 is 0 Å². The minimum Gasteiger partial charge on any atom is -0.377 e. The molecule has 0 N–H and O–H groups in total. The Morgan fingerprint density at radius 3 is 2.89 bits per heavy atom. The molecule has 0 heterocycles. The quantitative estimate of drug-likeness (QED) is 0.427. The molecule has 52 valence electrons. The van der Waals surface area contributed by atoms with Gasteiger partial charge >= 0.3 is 0 Å². The lowest BCUT2D eigenvalue weighted by Gasteiger charge is -1.94. The fourth-order valence-corrected chi connectivity index (χ4v) is 0.507. The van der Waals surface area contributed by atoms with Crippen molar-refractivity contribution in [2.24, 2.45) is 0 Å². The van der Waals surface area contributed by atoms with Gasteiger partial charge in [-0.2, -0.15) is 0 Å². The summed E-state index contributed by atoms with van der Waals surface area (Å²) in [4.78, 5) is 0. The molecule has 9 heavy (non-hydrogen) atoms. The third kappa shape index (κ3) is 7.73. The lowest BCUT2D eigenvalue weighted by atomic mass is 10.4. The minimum atomic E-state index is 0.621. The van der Waals surface area contributed by atoms with Crippen molar-refractivity contribution >= 4 is 11.6 Å². The van der Waals surface area contributed by atoms with Crippen molar-refractivity contribution in [3.63, 3.8) is 0 Å². The van der Waals surface area contributed by atoms with Gasteiger partial charge in [0.25, 0.3) is 0 Å². The lowest BCUT2D eigenvalue weighted by molar-refractivity contribution is 0.168. The number of halogens is 1. The van der Waals surface area contributed by atoms with Crippen LogP contribution in [0, 0.1) is 0 Å². The van der Waals surface area contributed by atoms with Crippen molar-refractivity contribution in [2.75, 3.05) is 13.2 Å². The predicted molar refractivity (Wildman–Crippen MR) is 40.6 cm³/mol. The summed E-state index contributed by atoms with van der Waals surface area (Å²) in [6, 6.07) is 0. The summed E-state index contributed by atoms with van der Waals surface area (Å²) in [5.74, 6) is 0. The highest BCUT2D eigenvalue weighted by Crippen LogP contribution is 1.86. The number of hydrogen-bond donors (Lipinski definition) is 0. The molecule has 0 aliphatic heterocycles. The van der Waals surface area contributed by atoms with Gasteiger partial charge in [0.1, 0.15) is 0 Å². The van der Waals surface area contributed by atoms with Crippen LogP contribution in [0.3, 0.4) is 0 Å². The van der Waals surface area contributed by atoms with E-state index in [0.29, 0.717) is 6.61 Å². The van der Waals surface area contributed by atoms with Crippen LogP contribution in [-0.2, 0) is 4.74 Å². The molecule has 0 bridgehead atoms. The van der Waals surface area contributed by atoms with Crippen LogP contribution in [0.1, 0.15) is 6.42 Å². The highest BCUT2D eigenvalue weighted by atomic mass is 35.5. The highest BCUT2D eigenvalue weighted by Gasteiger charge is 1.78. The van der Waals surface area contributed by atoms with E-state index in [9.17, 15) is 0 Å². The Morgan fingerprint density at radius 2 is 2.33 bits per heavy atom. The van der Waals surface area contributed by atoms with E-state index in [1.165, 1.54) is 5.54 Å². The van der Waals surface area contributed by atoms with Crippen molar-refractivity contribution in [2.45, 2.75) is 6.42 Å². The summed E-state index contributed by atoms with van der Waals surface area (Å²) in [5, 5.41) is 0. The summed E-state index contributed by atoms with van der Waals surface area (Å²) in [6.45, 7) is 4.85. The molecule has 0 unspecified atom stereocenters. The van der Waals surface area contributed by atoms with Gasteiger partial charge in [-0.05, 0) is 6.42 Å². The molecule has 0 radical (unpaired) electrons. The summed E-state index contributed by atoms with van der Waals surface area (Å²) in [6.07, 6.45) is 4.45. The second-order valence-electron chi connectivity index (χ2n) is 1.51. The van der Waals surface area contributed by atoms with Crippen LogP contribution in [0.25, 0.3) is 0 Å². The van der Waals surface area contributed by atoms with E-state index in [1.807, 2.05) is 6.08 Å². The summed E-state index contributed by atoms with van der Waals surface area (Å²) < 4.78 is 5.06. The number of rotatable bonds is 5. The van der Waals surface area contributed by atoms with Gasteiger partial charge < -0.3 is 4.74 Å². The van der Waals surface area contributed by atoms with Gasteiger partial charge in [0.05, 0.1) is 13.2 Å². The summed E-state index contributed by atoms with van der Waals surface area (Å²) in [7, 11) is 0. The fourth-order valence-electron chi connectivity index (χ4n) is 0.381. The SMILES string of the molecule is C=CCOCC/C=C/Cl. The van der Waals surface area contributed by atoms with E-state index in [4.69, 9.17) is 16.3 Å². The molecule has 0 spiro atoms. The molecular formula is C7H11ClO. The van der Waals surface area contributed by atoms with E-state index in [0.717, 1.165) is 13.0 Å². The van der Waals surface area contributed by atoms with Crippen molar-refractivity contribution in [1.29, 1.82) is 0 Å². The monoisotopic (exact) mass is 146 g/mol. The average molecular weight is 147 g/mol. The molecule has 0 aromatic carbocycles. The Labute approximate surface area is 61.0 Å². The first-order valence-corrected chi connectivity index (χ1v) is 3.29. The van der Waals surface area contributed by atoms with E-state index in [2.05, 4.69) is 6.58 Å². The zero-order valence-corrected chi connectivity index (χ0v) is 6.10. The third-order valence-corrected chi connectivity index (χ3v) is 0.932. The Kier molecular flexibility index (Phi) is 7.50. The van der Waals surface area contributed by atoms with Crippen LogP contribution in [0.2, 0.25) is 0 Å². The molecular weight excluding hydrogens is 136 g/mol. The first-order valence-electron chi connectivity index (χ1n) is 2.85. The van der Waals surface area contributed by atoms with Crippen LogP contribution >= 0.6 is 11.6 Å². The van der Waals surface area contributed by atoms with Crippen molar-refractivity contribution in [3.05, 3.63) is 24.3 Å². The van der Waals surface area contributed by atoms with Gasteiger partial charge in [-0.25, -0.2) is 0 Å². The largest absolute Gasteiger partial charge is 0.377 e. The Hall–Kier alpha value is -0.270. The summed E-state index contributed by atoms with van der Waals surface area (Å²) in [5.41, 5.74) is 1.50. The first-order chi connectivity index (χ1) is 4.41. The maximum absolute atomic E-state index is 5.26. The van der Waals surface area contributed by atoms with Crippen molar-refractivity contribution in [1.82, 2.24) is 0 Å². The maximum Gasteiger partial charge on any atom is 0.0644 e. The van der Waals surface area contributed by atoms with Crippen LogP contribution in [0.15, 0.2) is 24.3 Å². The molecule has 0 amide bonds. The molecule has 0 atom stereocenters. The summed E-state index contributed by atoms with van der Waals surface area (Å²) >= 11 is 5.26. The molecule has 0 rings (SSSR count). The molecule has 0 aliphatic rings. The second kappa shape index (κ2) is 7.73. The zero-order valence-electron chi connectivity index (χ0n) is 5.35. The average Bonchev–Trinajstić information content (AvgIpc) is 1.89. The maximum atomic E-state index is 5.26. The van der Waals surface area contributed by atoms with Crippen molar-refractivity contribution < 1.29 is 4.74 Å². The Balaban J connectivity index is 2.82. The molecule has 2 heteroatoms. The smallest absolute Gasteiger partial charge is 0.0644 e. The minimum absolute atomic E-state index is 0.621. The molecule has 0 aromatic rings. The normalized spacial score (nSPS) is 10.3. The van der Waals surface area contributed by atoms with Crippen LogP contribution in [-0.4, -0.2) is 13.2 Å². The van der Waals surface area contributed by atoms with Crippen molar-refractivity contribution in [3.8, 4) is 0 Å². The predicted octanol–water partition coefficient (Wildman–Crippen LogP) is 2.33. The first kappa shape index (κ1) is 8.73. The van der Waals surface area contributed by atoms with Crippen LogP contribution in [0.4, 0.5) is 0 Å². The second-order valence-corrected chi connectivity index (χ2v) is 1.77. The van der Waals surface area contributed by atoms with Crippen LogP contribution in [0.5, 0.6) is 0 Å². The van der Waals surface area contributed by atoms with Gasteiger partial charge in [0, 0.05) is 5.54 Å². The van der Waals surface area contributed by atoms with Crippen LogP contribution < -0.4 is 0 Å². The van der Waals surface area contributed by atoms with Gasteiger partial charge in [0.2, 0.25) is 0 Å². The number of ether oxygens (including phenoxy) is 1. The zero-order chi connectivity index (χ0) is 6.95. The van der Waals surface area contributed by atoms with E-state index >= 15 is 0 Å².